The number of guanidine groups is 1. The minimum absolute atomic E-state index is 0.00388. The molecule has 0 saturated carbocycles. The number of aromatic nitrogens is 1. The zero-order valence-corrected chi connectivity index (χ0v) is 18.4. The standard InChI is InChI=1S/C20H23F3N4O4S/c1-11-6-16-20(10-30-11,26-18(24)27(3)32(16,28)29)19(2)8-13(4-5-15(19)23)31-17-14(22)7-12(21)9-25-17/h4-5,7-9,11,15-16H,6,10H2,1-3H3,(H2,24,26)/t11-,15?,16+,19?,20-/m0/s1. The fourth-order valence-electron chi connectivity index (χ4n) is 4.50. The van der Waals surface area contributed by atoms with Gasteiger partial charge in [-0.15, -0.1) is 0 Å². The van der Waals surface area contributed by atoms with Crippen LogP contribution in [0.5, 0.6) is 5.88 Å². The minimum Gasteiger partial charge on any atom is -0.437 e. The summed E-state index contributed by atoms with van der Waals surface area (Å²) in [6.07, 6.45) is 2.55. The third kappa shape index (κ3) is 3.27. The molecule has 0 spiro atoms. The molecule has 2 fully saturated rings. The predicted octanol–water partition coefficient (Wildman–Crippen LogP) is 2.25. The molecule has 0 amide bonds. The predicted molar refractivity (Wildman–Crippen MR) is 109 cm³/mol. The molecule has 2 unspecified atom stereocenters. The maximum atomic E-state index is 15.5. The van der Waals surface area contributed by atoms with Crippen molar-refractivity contribution in [1.82, 2.24) is 14.6 Å². The fraction of sp³-hybridized carbons (Fsp3) is 0.500. The van der Waals surface area contributed by atoms with Crippen molar-refractivity contribution < 1.29 is 31.1 Å². The van der Waals surface area contributed by atoms with E-state index < -0.39 is 62.0 Å². The van der Waals surface area contributed by atoms with Crippen molar-refractivity contribution in [3.05, 3.63) is 47.9 Å². The molecule has 0 bridgehead atoms. The Morgan fingerprint density at radius 1 is 1.41 bits per heavy atom. The first-order chi connectivity index (χ1) is 14.9. The summed E-state index contributed by atoms with van der Waals surface area (Å²) in [7, 11) is -2.75. The normalized spacial score (nSPS) is 36.2. The molecule has 0 aromatic carbocycles. The molecule has 3 aliphatic rings. The van der Waals surface area contributed by atoms with Crippen LogP contribution in [-0.2, 0) is 14.8 Å². The molecule has 3 heterocycles. The average molecular weight is 472 g/mol. The third-order valence-electron chi connectivity index (χ3n) is 6.48. The number of fused-ring (bicyclic) bond motifs is 1. The van der Waals surface area contributed by atoms with Crippen LogP contribution in [0.15, 0.2) is 36.3 Å². The minimum atomic E-state index is -4.01. The molecule has 1 aliphatic carbocycles. The van der Waals surface area contributed by atoms with Crippen LogP contribution in [-0.4, -0.2) is 60.4 Å². The number of nitrogens with one attached hydrogen (secondary N) is 2. The van der Waals surface area contributed by atoms with Gasteiger partial charge in [0, 0.05) is 13.1 Å². The Bertz CT molecular complexity index is 1130. The molecule has 0 radical (unpaired) electrons. The van der Waals surface area contributed by atoms with E-state index in [0.29, 0.717) is 6.07 Å². The topological polar surface area (TPSA) is 105 Å². The average Bonchev–Trinajstić information content (AvgIpc) is 2.72. The molecule has 1 aromatic heterocycles. The molecule has 1 aromatic rings. The van der Waals surface area contributed by atoms with Gasteiger partial charge >= 0.3 is 0 Å². The van der Waals surface area contributed by atoms with Crippen LogP contribution in [0.2, 0.25) is 0 Å². The third-order valence-corrected chi connectivity index (χ3v) is 8.74. The maximum Gasteiger partial charge on any atom is 0.256 e. The molecular formula is C20H23F3N4O4S. The second-order valence-corrected chi connectivity index (χ2v) is 10.6. The summed E-state index contributed by atoms with van der Waals surface area (Å²) in [5.41, 5.74) is -3.12. The lowest BCUT2D eigenvalue weighted by atomic mass is 9.62. The van der Waals surface area contributed by atoms with E-state index in [1.807, 2.05) is 0 Å². The highest BCUT2D eigenvalue weighted by atomic mass is 32.2. The van der Waals surface area contributed by atoms with E-state index >= 15 is 4.39 Å². The number of allylic oxidation sites excluding steroid dienone is 2. The summed E-state index contributed by atoms with van der Waals surface area (Å²) < 4.78 is 81.2. The first-order valence-electron chi connectivity index (χ1n) is 9.91. The van der Waals surface area contributed by atoms with Crippen molar-refractivity contribution in [2.24, 2.45) is 5.41 Å². The highest BCUT2D eigenvalue weighted by Gasteiger charge is 2.66. The molecule has 2 aliphatic heterocycles. The largest absolute Gasteiger partial charge is 0.437 e. The summed E-state index contributed by atoms with van der Waals surface area (Å²) in [6.45, 7) is 3.03. The van der Waals surface area contributed by atoms with Gasteiger partial charge in [0.2, 0.25) is 16.0 Å². The molecule has 32 heavy (non-hydrogen) atoms. The summed E-state index contributed by atoms with van der Waals surface area (Å²) in [5.74, 6) is -2.86. The number of halogens is 3. The van der Waals surface area contributed by atoms with Gasteiger partial charge < -0.3 is 14.8 Å². The van der Waals surface area contributed by atoms with Gasteiger partial charge in [0.15, 0.2) is 5.82 Å². The highest BCUT2D eigenvalue weighted by Crippen LogP contribution is 2.50. The van der Waals surface area contributed by atoms with Crippen LogP contribution < -0.4 is 10.1 Å². The SMILES string of the molecule is C[C@H]1C[C@@H]2[C@](C3(C)C=C(Oc4ncc(F)cc4F)C=CC3F)(CO1)NC(=N)N(C)S2(=O)=O. The molecule has 4 rings (SSSR count). The zero-order chi connectivity index (χ0) is 23.5. The lowest BCUT2D eigenvalue weighted by Gasteiger charge is -2.58. The second kappa shape index (κ2) is 7.48. The van der Waals surface area contributed by atoms with E-state index in [0.717, 1.165) is 16.6 Å². The van der Waals surface area contributed by atoms with Crippen molar-refractivity contribution in [2.45, 2.75) is 43.3 Å². The van der Waals surface area contributed by atoms with Crippen LogP contribution in [0.1, 0.15) is 20.3 Å². The summed E-state index contributed by atoms with van der Waals surface area (Å²) in [6, 6.07) is 0.601. The quantitative estimate of drug-likeness (QED) is 0.699. The number of hydrogen-bond acceptors (Lipinski definition) is 6. The second-order valence-electron chi connectivity index (χ2n) is 8.44. The zero-order valence-electron chi connectivity index (χ0n) is 17.6. The van der Waals surface area contributed by atoms with Crippen LogP contribution in [0.4, 0.5) is 13.2 Å². The smallest absolute Gasteiger partial charge is 0.256 e. The number of nitrogens with zero attached hydrogens (tertiary/aromatic N) is 2. The molecule has 12 heteroatoms. The monoisotopic (exact) mass is 472 g/mol. The number of pyridine rings is 1. The van der Waals surface area contributed by atoms with Crippen molar-refractivity contribution >= 4 is 16.0 Å². The highest BCUT2D eigenvalue weighted by molar-refractivity contribution is 7.90. The molecule has 8 nitrogen and oxygen atoms in total. The maximum absolute atomic E-state index is 15.5. The van der Waals surface area contributed by atoms with Crippen LogP contribution >= 0.6 is 0 Å². The molecule has 2 saturated heterocycles. The van der Waals surface area contributed by atoms with E-state index in [9.17, 15) is 17.2 Å². The van der Waals surface area contributed by atoms with E-state index in [1.165, 1.54) is 26.1 Å². The van der Waals surface area contributed by atoms with E-state index in [2.05, 4.69) is 10.3 Å². The van der Waals surface area contributed by atoms with Gasteiger partial charge in [0.25, 0.3) is 5.88 Å². The molecule has 5 atom stereocenters. The summed E-state index contributed by atoms with van der Waals surface area (Å²) >= 11 is 0. The number of sulfonamides is 1. The van der Waals surface area contributed by atoms with E-state index in [1.54, 1.807) is 6.92 Å². The lowest BCUT2D eigenvalue weighted by molar-refractivity contribution is -0.0744. The van der Waals surface area contributed by atoms with Crippen LogP contribution in [0.25, 0.3) is 0 Å². The van der Waals surface area contributed by atoms with Gasteiger partial charge in [0.05, 0.1) is 29.9 Å². The van der Waals surface area contributed by atoms with Gasteiger partial charge in [-0.25, -0.2) is 30.9 Å². The van der Waals surface area contributed by atoms with E-state index in [-0.39, 0.29) is 18.8 Å². The number of alkyl halides is 1. The Kier molecular flexibility index (Phi) is 5.28. The van der Waals surface area contributed by atoms with Gasteiger partial charge in [0.1, 0.15) is 23.0 Å². The summed E-state index contributed by atoms with van der Waals surface area (Å²) in [5, 5.41) is 9.98. The fourth-order valence-corrected chi connectivity index (χ4v) is 6.59. The summed E-state index contributed by atoms with van der Waals surface area (Å²) in [4.78, 5) is 3.57. The number of hydrogen-bond donors (Lipinski definition) is 2. The Hall–Kier alpha value is -2.60. The molecule has 2 N–H and O–H groups in total. The first-order valence-corrected chi connectivity index (χ1v) is 11.4. The Morgan fingerprint density at radius 2 is 2.12 bits per heavy atom. The number of ether oxygens (including phenoxy) is 2. The van der Waals surface area contributed by atoms with Gasteiger partial charge in [-0.1, -0.05) is 6.92 Å². The van der Waals surface area contributed by atoms with Gasteiger partial charge in [-0.3, -0.25) is 5.41 Å². The van der Waals surface area contributed by atoms with Crippen molar-refractivity contribution in [1.29, 1.82) is 5.41 Å². The van der Waals surface area contributed by atoms with Crippen molar-refractivity contribution in [3.63, 3.8) is 0 Å². The van der Waals surface area contributed by atoms with Gasteiger partial charge in [-0.05, 0) is 31.6 Å². The van der Waals surface area contributed by atoms with Crippen molar-refractivity contribution in [2.75, 3.05) is 13.7 Å². The Labute approximate surface area is 183 Å². The lowest BCUT2D eigenvalue weighted by Crippen LogP contribution is -2.79. The number of rotatable bonds is 3. The van der Waals surface area contributed by atoms with E-state index in [4.69, 9.17) is 14.9 Å². The Balaban J connectivity index is 1.81. The first kappa shape index (κ1) is 22.6. The van der Waals surface area contributed by atoms with Crippen LogP contribution in [0.3, 0.4) is 0 Å². The van der Waals surface area contributed by atoms with Gasteiger partial charge in [-0.2, -0.15) is 0 Å². The van der Waals surface area contributed by atoms with Crippen LogP contribution in [0, 0.1) is 22.5 Å². The van der Waals surface area contributed by atoms with Crippen molar-refractivity contribution in [3.8, 4) is 5.88 Å². The molecular weight excluding hydrogens is 449 g/mol. The molecule has 174 valence electrons. The Morgan fingerprint density at radius 3 is 2.81 bits per heavy atom.